The standard InChI is InChI=1S/C42H46N6O8/c1-45(31-15-19-33(55-3)20-16-31)41(53)35(23-29-11-7-5-8-12-29)43-37(49)25-47-27-40(52)48(28-39(47)51)26-38(50)44-36(24-30-13-9-6-10-14-30)42(54)46(2)32-17-21-34(56-4)22-18-32/h5-22,35-36H,23-28H2,1-4H3,(H,43,49)(H,44,50)/t35-,36-/m0/s1. The average Bonchev–Trinajstić information content (AvgIpc) is 3.21. The van der Waals surface area contributed by atoms with E-state index in [0.717, 1.165) is 20.9 Å². The fourth-order valence-electron chi connectivity index (χ4n) is 6.25. The number of ether oxygens (including phenoxy) is 2. The quantitative estimate of drug-likeness (QED) is 0.176. The molecule has 14 nitrogen and oxygen atoms in total. The number of hydrogen-bond donors (Lipinski definition) is 2. The number of benzene rings is 4. The number of carbonyl (C=O) groups is 6. The Kier molecular flexibility index (Phi) is 13.8. The Balaban J connectivity index is 1.20. The smallest absolute Gasteiger partial charge is 0.249 e. The first-order chi connectivity index (χ1) is 26.9. The molecule has 1 fully saturated rings. The molecule has 0 saturated carbocycles. The molecule has 0 radical (unpaired) electrons. The fraction of sp³-hybridized carbons (Fsp3) is 0.286. The summed E-state index contributed by atoms with van der Waals surface area (Å²) >= 11 is 0. The molecule has 2 atom stereocenters. The van der Waals surface area contributed by atoms with Crippen LogP contribution in [0.25, 0.3) is 0 Å². The highest BCUT2D eigenvalue weighted by atomic mass is 16.5. The van der Waals surface area contributed by atoms with Crippen molar-refractivity contribution in [2.75, 3.05) is 64.3 Å². The number of anilines is 2. The van der Waals surface area contributed by atoms with Gasteiger partial charge in [0.25, 0.3) is 0 Å². The highest BCUT2D eigenvalue weighted by Crippen LogP contribution is 2.21. The van der Waals surface area contributed by atoms with Gasteiger partial charge in [0, 0.05) is 38.3 Å². The molecule has 1 aliphatic heterocycles. The van der Waals surface area contributed by atoms with Gasteiger partial charge in [-0.25, -0.2) is 0 Å². The lowest BCUT2D eigenvalue weighted by Gasteiger charge is -2.34. The maximum atomic E-state index is 13.7. The number of likely N-dealkylation sites (N-methyl/N-ethyl adjacent to an activating group) is 2. The molecule has 14 heteroatoms. The molecule has 1 aliphatic rings. The minimum absolute atomic E-state index is 0.186. The van der Waals surface area contributed by atoms with Crippen LogP contribution in [-0.4, -0.2) is 112 Å². The van der Waals surface area contributed by atoms with Crippen LogP contribution in [-0.2, 0) is 41.6 Å². The van der Waals surface area contributed by atoms with Gasteiger partial charge in [-0.1, -0.05) is 60.7 Å². The summed E-state index contributed by atoms with van der Waals surface area (Å²) in [6.45, 7) is -1.84. The molecule has 0 spiro atoms. The summed E-state index contributed by atoms with van der Waals surface area (Å²) in [5.74, 6) is -1.88. The van der Waals surface area contributed by atoms with Crippen molar-refractivity contribution in [1.29, 1.82) is 0 Å². The lowest BCUT2D eigenvalue weighted by molar-refractivity contribution is -0.153. The van der Waals surface area contributed by atoms with Gasteiger partial charge in [0.15, 0.2) is 0 Å². The molecule has 4 aromatic carbocycles. The summed E-state index contributed by atoms with van der Waals surface area (Å²) in [5.41, 5.74) is 2.80. The molecule has 1 saturated heterocycles. The number of hydrogen-bond acceptors (Lipinski definition) is 8. The average molecular weight is 763 g/mol. The van der Waals surface area contributed by atoms with Gasteiger partial charge in [0.05, 0.1) is 14.2 Å². The van der Waals surface area contributed by atoms with Gasteiger partial charge in [0.1, 0.15) is 49.8 Å². The van der Waals surface area contributed by atoms with E-state index in [0.29, 0.717) is 22.9 Å². The van der Waals surface area contributed by atoms with Gasteiger partial charge < -0.3 is 39.7 Å². The maximum Gasteiger partial charge on any atom is 0.249 e. The Hall–Kier alpha value is -6.70. The maximum absolute atomic E-state index is 13.7. The van der Waals surface area contributed by atoms with Crippen LogP contribution in [0.3, 0.4) is 0 Å². The van der Waals surface area contributed by atoms with Crippen molar-refractivity contribution >= 4 is 46.8 Å². The molecular weight excluding hydrogens is 716 g/mol. The van der Waals surface area contributed by atoms with Crippen molar-refractivity contribution in [1.82, 2.24) is 20.4 Å². The van der Waals surface area contributed by atoms with E-state index >= 15 is 0 Å². The van der Waals surface area contributed by atoms with Crippen molar-refractivity contribution in [2.24, 2.45) is 0 Å². The van der Waals surface area contributed by atoms with Crippen molar-refractivity contribution in [3.63, 3.8) is 0 Å². The van der Waals surface area contributed by atoms with Gasteiger partial charge >= 0.3 is 0 Å². The highest BCUT2D eigenvalue weighted by molar-refractivity contribution is 6.02. The lowest BCUT2D eigenvalue weighted by Crippen LogP contribution is -2.59. The van der Waals surface area contributed by atoms with Crippen molar-refractivity contribution in [3.8, 4) is 11.5 Å². The SMILES string of the molecule is COc1ccc(N(C)C(=O)[C@H](Cc2ccccc2)NC(=O)CN2CC(=O)N(CC(=O)N[C@@H](Cc3ccccc3)C(=O)N(C)c3ccc(OC)cc3)CC2=O)cc1. The molecule has 6 amide bonds. The van der Waals surface area contributed by atoms with Gasteiger partial charge in [-0.15, -0.1) is 0 Å². The van der Waals surface area contributed by atoms with Crippen LogP contribution < -0.4 is 29.9 Å². The summed E-state index contributed by atoms with van der Waals surface area (Å²) in [4.78, 5) is 85.7. The molecule has 4 aromatic rings. The van der Waals surface area contributed by atoms with Crippen molar-refractivity contribution in [3.05, 3.63) is 120 Å². The topological polar surface area (TPSA) is 158 Å². The zero-order chi connectivity index (χ0) is 40.2. The molecule has 0 aliphatic carbocycles. The van der Waals surface area contributed by atoms with Gasteiger partial charge in [-0.05, 0) is 59.7 Å². The predicted molar refractivity (Wildman–Crippen MR) is 210 cm³/mol. The van der Waals surface area contributed by atoms with Crippen LogP contribution in [0, 0.1) is 0 Å². The molecule has 1 heterocycles. The molecular formula is C42H46N6O8. The molecule has 56 heavy (non-hydrogen) atoms. The van der Waals surface area contributed by atoms with E-state index in [-0.39, 0.29) is 24.7 Å². The third kappa shape index (κ3) is 10.7. The van der Waals surface area contributed by atoms with Gasteiger partial charge in [-0.3, -0.25) is 28.8 Å². The number of nitrogens with one attached hydrogen (secondary N) is 2. The van der Waals surface area contributed by atoms with Gasteiger partial charge in [-0.2, -0.15) is 0 Å². The number of amides is 6. The Morgan fingerprint density at radius 3 is 1.23 bits per heavy atom. The van der Waals surface area contributed by atoms with Crippen LogP contribution in [0.5, 0.6) is 11.5 Å². The Morgan fingerprint density at radius 1 is 0.571 bits per heavy atom. The lowest BCUT2D eigenvalue weighted by atomic mass is 10.0. The molecule has 0 aromatic heterocycles. The number of rotatable bonds is 16. The van der Waals surface area contributed by atoms with Crippen LogP contribution in [0.2, 0.25) is 0 Å². The Bertz CT molecular complexity index is 1850. The van der Waals surface area contributed by atoms with Crippen LogP contribution >= 0.6 is 0 Å². The van der Waals surface area contributed by atoms with Crippen LogP contribution in [0.1, 0.15) is 11.1 Å². The van der Waals surface area contributed by atoms with E-state index in [1.54, 1.807) is 76.8 Å². The monoisotopic (exact) mass is 762 g/mol. The Labute approximate surface area is 326 Å². The van der Waals surface area contributed by atoms with Crippen LogP contribution in [0.15, 0.2) is 109 Å². The summed E-state index contributed by atoms with van der Waals surface area (Å²) in [6, 6.07) is 30.2. The third-order valence-corrected chi connectivity index (χ3v) is 9.44. The van der Waals surface area contributed by atoms with Crippen molar-refractivity contribution < 1.29 is 38.2 Å². The largest absolute Gasteiger partial charge is 0.497 e. The normalized spacial score (nSPS) is 13.6. The summed E-state index contributed by atoms with van der Waals surface area (Å²) in [6.07, 6.45) is 0.372. The third-order valence-electron chi connectivity index (χ3n) is 9.44. The second kappa shape index (κ2) is 19.1. The number of nitrogens with zero attached hydrogens (tertiary/aromatic N) is 4. The van der Waals surface area contributed by atoms with E-state index in [2.05, 4.69) is 10.6 Å². The molecule has 0 bridgehead atoms. The molecule has 2 N–H and O–H groups in total. The zero-order valence-corrected chi connectivity index (χ0v) is 31.8. The van der Waals surface area contributed by atoms with Gasteiger partial charge in [0.2, 0.25) is 35.4 Å². The second-order valence-electron chi connectivity index (χ2n) is 13.3. The molecule has 292 valence electrons. The zero-order valence-electron chi connectivity index (χ0n) is 31.8. The van der Waals surface area contributed by atoms with E-state index in [1.807, 2.05) is 60.7 Å². The van der Waals surface area contributed by atoms with Crippen molar-refractivity contribution in [2.45, 2.75) is 24.9 Å². The first kappa shape index (κ1) is 40.5. The van der Waals surface area contributed by atoms with E-state index in [1.165, 1.54) is 9.80 Å². The minimum Gasteiger partial charge on any atom is -0.497 e. The minimum atomic E-state index is -0.983. The molecule has 0 unspecified atom stereocenters. The summed E-state index contributed by atoms with van der Waals surface area (Å²) < 4.78 is 10.4. The first-order valence-corrected chi connectivity index (χ1v) is 18.0. The number of methoxy groups -OCH3 is 2. The highest BCUT2D eigenvalue weighted by Gasteiger charge is 2.34. The van der Waals surface area contributed by atoms with E-state index in [4.69, 9.17) is 9.47 Å². The first-order valence-electron chi connectivity index (χ1n) is 18.0. The summed E-state index contributed by atoms with van der Waals surface area (Å²) in [5, 5.41) is 5.53. The van der Waals surface area contributed by atoms with E-state index in [9.17, 15) is 28.8 Å². The summed E-state index contributed by atoms with van der Waals surface area (Å²) in [7, 11) is 6.29. The van der Waals surface area contributed by atoms with E-state index < -0.39 is 61.9 Å². The van der Waals surface area contributed by atoms with Crippen LogP contribution in [0.4, 0.5) is 11.4 Å². The fourth-order valence-corrected chi connectivity index (χ4v) is 6.25. The number of carbonyl (C=O) groups excluding carboxylic acids is 6. The number of piperazine rings is 1. The molecule has 5 rings (SSSR count). The second-order valence-corrected chi connectivity index (χ2v) is 13.3. The Morgan fingerprint density at radius 2 is 0.911 bits per heavy atom. The predicted octanol–water partition coefficient (Wildman–Crippen LogP) is 2.46.